The molecule has 0 bridgehead atoms. The first-order valence-electron chi connectivity index (χ1n) is 8.97. The highest BCUT2D eigenvalue weighted by Crippen LogP contribution is 1.93. The zero-order chi connectivity index (χ0) is 16.8. The Kier molecular flexibility index (Phi) is 44.1. The van der Waals surface area contributed by atoms with Crippen molar-refractivity contribution < 1.29 is 0 Å². The normalized spacial score (nSPS) is 9.00. The van der Waals surface area contributed by atoms with Crippen LogP contribution in [0.1, 0.15) is 81.6 Å². The Hall–Kier alpha value is -0.0800. The van der Waals surface area contributed by atoms with E-state index in [4.69, 9.17) is 0 Å². The highest BCUT2D eigenvalue weighted by Gasteiger charge is 1.99. The summed E-state index contributed by atoms with van der Waals surface area (Å²) in [5.41, 5.74) is 0. The third kappa shape index (κ3) is 43.0. The molecule has 0 aliphatic rings. The molecule has 0 spiro atoms. The second kappa shape index (κ2) is 31.4. The molecule has 0 radical (unpaired) electrons. The molecule has 0 heterocycles. The molecular formula is C18H46N2. The first-order chi connectivity index (χ1) is 9.58. The Morgan fingerprint density at radius 2 is 1.25 bits per heavy atom. The summed E-state index contributed by atoms with van der Waals surface area (Å²) in [5, 5.41) is 3.40. The smallest absolute Gasteiger partial charge is 0.0104 e. The van der Waals surface area contributed by atoms with Gasteiger partial charge in [-0.1, -0.05) is 75.2 Å². The van der Waals surface area contributed by atoms with Crippen molar-refractivity contribution in [3.8, 4) is 0 Å². The summed E-state index contributed by atoms with van der Waals surface area (Å²) in [7, 11) is 2.19. The molecule has 0 rings (SSSR count). The maximum Gasteiger partial charge on any atom is 0.0104 e. The van der Waals surface area contributed by atoms with E-state index >= 15 is 0 Å². The average molecular weight is 291 g/mol. The number of likely N-dealkylation sites (N-methyl/N-ethyl adjacent to an activating group) is 1. The molecule has 1 N–H and O–H groups in total. The van der Waals surface area contributed by atoms with Crippen LogP contribution in [0.25, 0.3) is 0 Å². The van der Waals surface area contributed by atoms with Crippen LogP contribution in [0, 0.1) is 5.92 Å². The first kappa shape index (κ1) is 28.1. The lowest BCUT2D eigenvalue weighted by atomic mass is 10.2. The molecule has 0 aromatic carbocycles. The van der Waals surface area contributed by atoms with Crippen LogP contribution in [0.2, 0.25) is 0 Å². The number of hydrogen-bond acceptors (Lipinski definition) is 2. The molecule has 0 aromatic rings. The average Bonchev–Trinajstić information content (AvgIpc) is 2.47. The zero-order valence-electron chi connectivity index (χ0n) is 16.5. The molecule has 0 unspecified atom stereocenters. The number of unbranched alkanes of at least 4 members (excludes halogenated alkanes) is 1. The fourth-order valence-electron chi connectivity index (χ4n) is 1.29. The van der Waals surface area contributed by atoms with E-state index in [1.165, 1.54) is 25.8 Å². The molecule has 0 saturated carbocycles. The maximum absolute atomic E-state index is 3.40. The molecule has 0 atom stereocenters. The van der Waals surface area contributed by atoms with Gasteiger partial charge in [0.1, 0.15) is 0 Å². The van der Waals surface area contributed by atoms with Crippen LogP contribution in [-0.2, 0) is 0 Å². The number of nitrogens with zero attached hydrogens (tertiary/aromatic N) is 1. The lowest BCUT2D eigenvalue weighted by Crippen LogP contribution is -2.31. The third-order valence-electron chi connectivity index (χ3n) is 2.27. The molecular weight excluding hydrogens is 244 g/mol. The van der Waals surface area contributed by atoms with E-state index in [0.717, 1.165) is 25.6 Å². The molecule has 0 aromatic heterocycles. The summed E-state index contributed by atoms with van der Waals surface area (Å²) in [6, 6.07) is 0. The molecule has 20 heavy (non-hydrogen) atoms. The van der Waals surface area contributed by atoms with E-state index < -0.39 is 0 Å². The van der Waals surface area contributed by atoms with Gasteiger partial charge in [-0.15, -0.1) is 0 Å². The Morgan fingerprint density at radius 1 is 0.800 bits per heavy atom. The number of hydrogen-bond donors (Lipinski definition) is 1. The Balaban J connectivity index is -0.000000134. The van der Waals surface area contributed by atoms with Crippen LogP contribution in [0.3, 0.4) is 0 Å². The van der Waals surface area contributed by atoms with Crippen molar-refractivity contribution in [1.29, 1.82) is 0 Å². The number of nitrogens with one attached hydrogen (secondary N) is 1. The van der Waals surface area contributed by atoms with Crippen molar-refractivity contribution in [2.45, 2.75) is 81.6 Å². The number of rotatable bonds is 8. The Morgan fingerprint density at radius 3 is 1.55 bits per heavy atom. The molecule has 0 amide bonds. The summed E-state index contributed by atoms with van der Waals surface area (Å²) in [6.45, 7) is 23.7. The maximum atomic E-state index is 3.40. The molecule has 0 aliphatic carbocycles. The minimum absolute atomic E-state index is 0.779. The van der Waals surface area contributed by atoms with Crippen LogP contribution in [0.5, 0.6) is 0 Å². The van der Waals surface area contributed by atoms with Gasteiger partial charge in [0.25, 0.3) is 0 Å². The van der Waals surface area contributed by atoms with Gasteiger partial charge in [0.2, 0.25) is 0 Å². The van der Waals surface area contributed by atoms with Crippen molar-refractivity contribution in [3.05, 3.63) is 0 Å². The second-order valence-corrected chi connectivity index (χ2v) is 4.91. The second-order valence-electron chi connectivity index (χ2n) is 4.91. The summed E-state index contributed by atoms with van der Waals surface area (Å²) >= 11 is 0. The van der Waals surface area contributed by atoms with Crippen LogP contribution < -0.4 is 5.32 Å². The van der Waals surface area contributed by atoms with E-state index in [2.05, 4.69) is 51.9 Å². The van der Waals surface area contributed by atoms with Crippen molar-refractivity contribution in [1.82, 2.24) is 10.2 Å². The van der Waals surface area contributed by atoms with Crippen molar-refractivity contribution in [2.75, 3.05) is 33.2 Å². The van der Waals surface area contributed by atoms with Gasteiger partial charge in [0, 0.05) is 19.6 Å². The van der Waals surface area contributed by atoms with Crippen molar-refractivity contribution in [2.24, 2.45) is 5.92 Å². The standard InChI is InChI=1S/C10H24N2.C4H10.2C2H6/c1-5-6-11-7-8-12(4)9-10(2)3;1-3-4-2;2*1-2/h10-11H,5-9H2,1-4H3;3-4H2,1-2H3;2*1-2H3. The first-order valence-corrected chi connectivity index (χ1v) is 8.97. The molecule has 0 fully saturated rings. The fourth-order valence-corrected chi connectivity index (χ4v) is 1.29. The van der Waals surface area contributed by atoms with E-state index in [1.807, 2.05) is 27.7 Å². The molecule has 128 valence electrons. The van der Waals surface area contributed by atoms with Gasteiger partial charge < -0.3 is 10.2 Å². The van der Waals surface area contributed by atoms with Crippen molar-refractivity contribution in [3.63, 3.8) is 0 Å². The lowest BCUT2D eigenvalue weighted by molar-refractivity contribution is 0.295. The van der Waals surface area contributed by atoms with Crippen LogP contribution in [0.4, 0.5) is 0 Å². The van der Waals surface area contributed by atoms with E-state index in [0.29, 0.717) is 0 Å². The highest BCUT2D eigenvalue weighted by molar-refractivity contribution is 4.56. The predicted molar refractivity (Wildman–Crippen MR) is 98.8 cm³/mol. The van der Waals surface area contributed by atoms with E-state index in [-0.39, 0.29) is 0 Å². The zero-order valence-corrected chi connectivity index (χ0v) is 16.5. The minimum Gasteiger partial charge on any atom is -0.315 e. The van der Waals surface area contributed by atoms with Gasteiger partial charge in [0.15, 0.2) is 0 Å². The molecule has 0 saturated heterocycles. The van der Waals surface area contributed by atoms with Crippen LogP contribution in [0.15, 0.2) is 0 Å². The summed E-state index contributed by atoms with van der Waals surface area (Å²) in [4.78, 5) is 2.38. The summed E-state index contributed by atoms with van der Waals surface area (Å²) in [5.74, 6) is 0.779. The van der Waals surface area contributed by atoms with Gasteiger partial charge in [-0.25, -0.2) is 0 Å². The SMILES string of the molecule is CC.CC.CCCC.CCCNCCN(C)CC(C)C. The fraction of sp³-hybridized carbons (Fsp3) is 1.00. The minimum atomic E-state index is 0.779. The van der Waals surface area contributed by atoms with E-state index in [1.54, 1.807) is 0 Å². The predicted octanol–water partition coefficient (Wildman–Crippen LogP) is 5.43. The lowest BCUT2D eigenvalue weighted by Gasteiger charge is -2.18. The van der Waals surface area contributed by atoms with Gasteiger partial charge >= 0.3 is 0 Å². The van der Waals surface area contributed by atoms with Gasteiger partial charge in [-0.3, -0.25) is 0 Å². The van der Waals surface area contributed by atoms with Gasteiger partial charge in [-0.05, 0) is 25.9 Å². The topological polar surface area (TPSA) is 15.3 Å². The van der Waals surface area contributed by atoms with Gasteiger partial charge in [-0.2, -0.15) is 0 Å². The summed E-state index contributed by atoms with van der Waals surface area (Å²) < 4.78 is 0. The van der Waals surface area contributed by atoms with E-state index in [9.17, 15) is 0 Å². The highest BCUT2D eigenvalue weighted by atomic mass is 15.1. The summed E-state index contributed by atoms with van der Waals surface area (Å²) in [6.07, 6.45) is 3.87. The quantitative estimate of drug-likeness (QED) is 0.599. The Labute approximate surface area is 131 Å². The molecule has 0 aliphatic heterocycles. The molecule has 2 nitrogen and oxygen atoms in total. The molecule has 2 heteroatoms. The Bertz CT molecular complexity index is 112. The largest absolute Gasteiger partial charge is 0.315 e. The monoisotopic (exact) mass is 290 g/mol. The van der Waals surface area contributed by atoms with Crippen molar-refractivity contribution >= 4 is 0 Å². The third-order valence-corrected chi connectivity index (χ3v) is 2.27. The van der Waals surface area contributed by atoms with Crippen LogP contribution in [-0.4, -0.2) is 38.1 Å². The van der Waals surface area contributed by atoms with Gasteiger partial charge in [0.05, 0.1) is 0 Å². The van der Waals surface area contributed by atoms with Crippen LogP contribution >= 0.6 is 0 Å².